The van der Waals surface area contributed by atoms with Crippen LogP contribution in [0.15, 0.2) is 28.7 Å². The summed E-state index contributed by atoms with van der Waals surface area (Å²) in [6.07, 6.45) is 0. The van der Waals surface area contributed by atoms with E-state index >= 15 is 0 Å². The lowest BCUT2D eigenvalue weighted by atomic mass is 10.1. The van der Waals surface area contributed by atoms with Crippen molar-refractivity contribution in [2.75, 3.05) is 11.9 Å². The molecule has 116 valence electrons. The Morgan fingerprint density at radius 2 is 2.05 bits per heavy atom. The Kier molecular flexibility index (Phi) is 5.80. The molecule has 0 atom stereocenters. The number of nitrogens with zero attached hydrogens (tertiary/aromatic N) is 1. The number of ether oxygens (including phenoxy) is 1. The first kappa shape index (κ1) is 17.2. The van der Waals surface area contributed by atoms with E-state index in [1.165, 1.54) is 0 Å². The molecule has 22 heavy (non-hydrogen) atoms. The van der Waals surface area contributed by atoms with Gasteiger partial charge in [-0.1, -0.05) is 6.07 Å². The van der Waals surface area contributed by atoms with Crippen LogP contribution in [0.3, 0.4) is 0 Å². The number of carbonyl (C=O) groups is 1. The van der Waals surface area contributed by atoms with Crippen molar-refractivity contribution in [3.63, 3.8) is 0 Å². The average Bonchev–Trinajstić information content (AvgIpc) is 2.41. The third kappa shape index (κ3) is 4.42. The summed E-state index contributed by atoms with van der Waals surface area (Å²) in [4.78, 5) is 16.3. The van der Waals surface area contributed by atoms with Gasteiger partial charge in [-0.15, -0.1) is 0 Å². The minimum Gasteiger partial charge on any atom is -0.482 e. The maximum Gasteiger partial charge on any atom is 0.263 e. The minimum atomic E-state index is -0.236. The lowest BCUT2D eigenvalue weighted by Gasteiger charge is -2.12. The number of aromatic nitrogens is 1. The van der Waals surface area contributed by atoms with E-state index in [-0.39, 0.29) is 12.5 Å². The van der Waals surface area contributed by atoms with Gasteiger partial charge in [0.05, 0.1) is 10.2 Å². The number of aryl methyl sites for hydroxylation is 3. The average molecular weight is 475 g/mol. The minimum absolute atomic E-state index is 0.0603. The van der Waals surface area contributed by atoms with Crippen LogP contribution in [0.1, 0.15) is 16.8 Å². The topological polar surface area (TPSA) is 51.2 Å². The molecular weight excluding hydrogens is 459 g/mol. The molecule has 0 radical (unpaired) electrons. The molecule has 6 heteroatoms. The van der Waals surface area contributed by atoms with Crippen molar-refractivity contribution in [2.24, 2.45) is 0 Å². The molecule has 0 unspecified atom stereocenters. The number of hydrogen-bond donors (Lipinski definition) is 1. The maximum atomic E-state index is 12.0. The Morgan fingerprint density at radius 1 is 1.32 bits per heavy atom. The molecular formula is C16H16BrIN2O2. The second kappa shape index (κ2) is 7.41. The van der Waals surface area contributed by atoms with Crippen molar-refractivity contribution in [1.82, 2.24) is 4.98 Å². The maximum absolute atomic E-state index is 12.0. The van der Waals surface area contributed by atoms with Crippen LogP contribution in [0.25, 0.3) is 0 Å². The van der Waals surface area contributed by atoms with Gasteiger partial charge in [-0.2, -0.15) is 0 Å². The zero-order chi connectivity index (χ0) is 16.3. The zero-order valence-corrected chi connectivity index (χ0v) is 16.3. The Hall–Kier alpha value is -1.15. The van der Waals surface area contributed by atoms with Gasteiger partial charge >= 0.3 is 0 Å². The van der Waals surface area contributed by atoms with Crippen molar-refractivity contribution < 1.29 is 9.53 Å². The van der Waals surface area contributed by atoms with Gasteiger partial charge in [0.2, 0.25) is 0 Å². The lowest BCUT2D eigenvalue weighted by Crippen LogP contribution is -2.21. The van der Waals surface area contributed by atoms with Crippen molar-refractivity contribution >= 4 is 50.2 Å². The molecule has 0 fully saturated rings. The molecule has 1 amide bonds. The molecule has 4 nitrogen and oxygen atoms in total. The van der Waals surface area contributed by atoms with Gasteiger partial charge in [0.25, 0.3) is 5.91 Å². The van der Waals surface area contributed by atoms with Crippen molar-refractivity contribution in [2.45, 2.75) is 20.8 Å². The van der Waals surface area contributed by atoms with Gasteiger partial charge in [0.15, 0.2) is 6.61 Å². The van der Waals surface area contributed by atoms with E-state index in [1.54, 1.807) is 6.07 Å². The highest BCUT2D eigenvalue weighted by Crippen LogP contribution is 2.30. The summed E-state index contributed by atoms with van der Waals surface area (Å²) >= 11 is 5.67. The summed E-state index contributed by atoms with van der Waals surface area (Å²) in [5.41, 5.74) is 3.01. The smallest absolute Gasteiger partial charge is 0.263 e. The second-order valence-corrected chi connectivity index (χ2v) is 7.01. The monoisotopic (exact) mass is 474 g/mol. The Balaban J connectivity index is 2.00. The van der Waals surface area contributed by atoms with Gasteiger partial charge in [-0.3, -0.25) is 4.79 Å². The molecule has 2 rings (SSSR count). The molecule has 0 spiro atoms. The number of pyridine rings is 1. The summed E-state index contributed by atoms with van der Waals surface area (Å²) < 4.78 is 7.53. The number of carbonyl (C=O) groups excluding carboxylic acids is 1. The van der Waals surface area contributed by atoms with Crippen LogP contribution >= 0.6 is 38.5 Å². The van der Waals surface area contributed by atoms with E-state index < -0.39 is 0 Å². The van der Waals surface area contributed by atoms with E-state index in [4.69, 9.17) is 4.74 Å². The van der Waals surface area contributed by atoms with Gasteiger partial charge in [0, 0.05) is 3.57 Å². The predicted octanol–water partition coefficient (Wildman–Crippen LogP) is 4.39. The third-order valence-corrected chi connectivity index (χ3v) is 4.74. The standard InChI is InChI=1S/C16H16BrIN2O2/c1-9-6-10(2)16(12(17)7-9)22-8-15(21)20-14-5-4-13(18)11(3)19-14/h4-7H,8H2,1-3H3,(H,19,20,21). The van der Waals surface area contributed by atoms with Crippen molar-refractivity contribution in [3.05, 3.63) is 49.1 Å². The highest BCUT2D eigenvalue weighted by atomic mass is 127. The van der Waals surface area contributed by atoms with E-state index in [0.717, 1.165) is 24.9 Å². The van der Waals surface area contributed by atoms with E-state index in [9.17, 15) is 4.79 Å². The quantitative estimate of drug-likeness (QED) is 0.668. The molecule has 1 aromatic heterocycles. The number of anilines is 1. The first-order chi connectivity index (χ1) is 10.4. The summed E-state index contributed by atoms with van der Waals surface area (Å²) in [5, 5.41) is 2.74. The molecule has 2 aromatic rings. The molecule has 0 saturated carbocycles. The number of rotatable bonds is 4. The fourth-order valence-electron chi connectivity index (χ4n) is 2.02. The Labute approximate surface area is 151 Å². The number of amides is 1. The highest BCUT2D eigenvalue weighted by molar-refractivity contribution is 14.1. The van der Waals surface area contributed by atoms with Crippen LogP contribution in [-0.2, 0) is 4.79 Å². The molecule has 0 aliphatic rings. The summed E-state index contributed by atoms with van der Waals surface area (Å²) in [7, 11) is 0. The van der Waals surface area contributed by atoms with Crippen LogP contribution in [0.5, 0.6) is 5.75 Å². The predicted molar refractivity (Wildman–Crippen MR) is 99.4 cm³/mol. The van der Waals surface area contributed by atoms with E-state index in [2.05, 4.69) is 48.8 Å². The second-order valence-electron chi connectivity index (χ2n) is 4.99. The SMILES string of the molecule is Cc1cc(C)c(OCC(=O)Nc2ccc(I)c(C)n2)c(Br)c1. The van der Waals surface area contributed by atoms with Crippen LogP contribution in [0.2, 0.25) is 0 Å². The number of halogens is 2. The van der Waals surface area contributed by atoms with Gasteiger partial charge in [0.1, 0.15) is 11.6 Å². The largest absolute Gasteiger partial charge is 0.482 e. The molecule has 1 N–H and O–H groups in total. The van der Waals surface area contributed by atoms with E-state index in [0.29, 0.717) is 11.6 Å². The van der Waals surface area contributed by atoms with Crippen LogP contribution < -0.4 is 10.1 Å². The van der Waals surface area contributed by atoms with Crippen LogP contribution in [0, 0.1) is 24.3 Å². The van der Waals surface area contributed by atoms with Gasteiger partial charge in [-0.05, 0) is 88.6 Å². The Morgan fingerprint density at radius 3 is 2.68 bits per heavy atom. The molecule has 1 aromatic carbocycles. The molecule has 0 aliphatic carbocycles. The molecule has 0 aliphatic heterocycles. The number of benzene rings is 1. The third-order valence-electron chi connectivity index (χ3n) is 3.01. The van der Waals surface area contributed by atoms with Crippen LogP contribution in [-0.4, -0.2) is 17.5 Å². The normalized spacial score (nSPS) is 10.4. The fourth-order valence-corrected chi connectivity index (χ4v) is 3.10. The summed E-state index contributed by atoms with van der Waals surface area (Å²) in [5.74, 6) is 0.985. The summed E-state index contributed by atoms with van der Waals surface area (Å²) in [6, 6.07) is 7.67. The summed E-state index contributed by atoms with van der Waals surface area (Å²) in [6.45, 7) is 5.81. The molecule has 1 heterocycles. The number of nitrogens with one attached hydrogen (secondary N) is 1. The highest BCUT2D eigenvalue weighted by Gasteiger charge is 2.10. The molecule has 0 bridgehead atoms. The Bertz CT molecular complexity index is 696. The van der Waals surface area contributed by atoms with Gasteiger partial charge in [-0.25, -0.2) is 4.98 Å². The first-order valence-corrected chi connectivity index (χ1v) is 8.56. The van der Waals surface area contributed by atoms with E-state index in [1.807, 2.05) is 39.0 Å². The lowest BCUT2D eigenvalue weighted by molar-refractivity contribution is -0.118. The number of hydrogen-bond acceptors (Lipinski definition) is 3. The van der Waals surface area contributed by atoms with Crippen molar-refractivity contribution in [1.29, 1.82) is 0 Å². The van der Waals surface area contributed by atoms with Crippen molar-refractivity contribution in [3.8, 4) is 5.75 Å². The molecule has 0 saturated heterocycles. The first-order valence-electron chi connectivity index (χ1n) is 6.69. The van der Waals surface area contributed by atoms with Crippen LogP contribution in [0.4, 0.5) is 5.82 Å². The fraction of sp³-hybridized carbons (Fsp3) is 0.250. The van der Waals surface area contributed by atoms with Gasteiger partial charge < -0.3 is 10.1 Å². The zero-order valence-electron chi connectivity index (χ0n) is 12.5.